The number of rotatable bonds is 8. The largest absolute Gasteiger partial charge is 0.478 e. The number of amides is 1. The van der Waals surface area contributed by atoms with Crippen molar-refractivity contribution in [3.63, 3.8) is 0 Å². The highest BCUT2D eigenvalue weighted by molar-refractivity contribution is 9.10. The molecule has 0 aromatic heterocycles. The van der Waals surface area contributed by atoms with Gasteiger partial charge in [0.2, 0.25) is 5.91 Å². The van der Waals surface area contributed by atoms with E-state index in [1.807, 2.05) is 17.0 Å². The Kier molecular flexibility index (Phi) is 6.94. The minimum atomic E-state index is -0.996. The summed E-state index contributed by atoms with van der Waals surface area (Å²) in [6.07, 6.45) is 4.58. The van der Waals surface area contributed by atoms with Crippen LogP contribution >= 0.6 is 15.9 Å². The van der Waals surface area contributed by atoms with Gasteiger partial charge in [0.15, 0.2) is 0 Å². The molecular formula is C15H19BrN2O3. The summed E-state index contributed by atoms with van der Waals surface area (Å²) in [5.41, 5.74) is 6.92. The number of benzene rings is 1. The van der Waals surface area contributed by atoms with Gasteiger partial charge in [0.25, 0.3) is 0 Å². The Labute approximate surface area is 132 Å². The van der Waals surface area contributed by atoms with E-state index in [2.05, 4.69) is 22.9 Å². The Hall–Kier alpha value is -1.82. The van der Waals surface area contributed by atoms with Crippen LogP contribution in [0.2, 0.25) is 0 Å². The van der Waals surface area contributed by atoms with Crippen molar-refractivity contribution < 1.29 is 14.7 Å². The molecule has 0 aliphatic rings. The van der Waals surface area contributed by atoms with Crippen LogP contribution in [0, 0.1) is 0 Å². The van der Waals surface area contributed by atoms with Gasteiger partial charge in [-0.15, -0.1) is 0 Å². The Balaban J connectivity index is 2.96. The summed E-state index contributed by atoms with van der Waals surface area (Å²) >= 11 is 3.41. The quantitative estimate of drug-likeness (QED) is 0.703. The average Bonchev–Trinajstić information content (AvgIpc) is 2.41. The molecule has 0 radical (unpaired) electrons. The lowest BCUT2D eigenvalue weighted by molar-refractivity contribution is -0.131. The van der Waals surface area contributed by atoms with Crippen molar-refractivity contribution in [2.75, 3.05) is 18.0 Å². The van der Waals surface area contributed by atoms with E-state index in [0.29, 0.717) is 0 Å². The van der Waals surface area contributed by atoms with E-state index in [9.17, 15) is 9.59 Å². The number of unbranched alkanes of at least 4 members (excludes halogenated alkanes) is 1. The maximum absolute atomic E-state index is 11.2. The second-order valence-corrected chi connectivity index (χ2v) is 5.47. The summed E-state index contributed by atoms with van der Waals surface area (Å²) in [5.74, 6) is -1.37. The van der Waals surface area contributed by atoms with E-state index in [1.54, 1.807) is 6.07 Å². The molecule has 1 amide bonds. The molecule has 1 rings (SSSR count). The molecule has 0 bridgehead atoms. The van der Waals surface area contributed by atoms with Crippen LogP contribution < -0.4 is 10.6 Å². The highest BCUT2D eigenvalue weighted by Crippen LogP contribution is 2.25. The number of nitrogens with two attached hydrogens (primary N) is 1. The second-order valence-electron chi connectivity index (χ2n) is 4.62. The molecule has 114 valence electrons. The Bertz CT molecular complexity index is 544. The van der Waals surface area contributed by atoms with Crippen LogP contribution in [0.3, 0.4) is 0 Å². The number of aliphatic carboxylic acids is 1. The second kappa shape index (κ2) is 8.46. The zero-order valence-electron chi connectivity index (χ0n) is 11.9. The first kappa shape index (κ1) is 17.2. The normalized spacial score (nSPS) is 10.8. The third-order valence-electron chi connectivity index (χ3n) is 2.88. The Morgan fingerprint density at radius 1 is 1.43 bits per heavy atom. The van der Waals surface area contributed by atoms with E-state index < -0.39 is 5.97 Å². The van der Waals surface area contributed by atoms with Crippen LogP contribution in [0.1, 0.15) is 25.3 Å². The van der Waals surface area contributed by atoms with Gasteiger partial charge >= 0.3 is 5.97 Å². The molecule has 0 unspecified atom stereocenters. The van der Waals surface area contributed by atoms with Gasteiger partial charge in [-0.05, 0) is 30.2 Å². The first-order valence-corrected chi connectivity index (χ1v) is 7.47. The third-order valence-corrected chi connectivity index (χ3v) is 3.57. The lowest BCUT2D eigenvalue weighted by Crippen LogP contribution is -2.34. The number of halogens is 1. The standard InChI is InChI=1S/C15H19BrN2O3/c1-2-3-8-18(10-14(17)19)12-6-4-11(13(16)9-12)5-7-15(20)21/h4-7,9H,2-3,8,10H2,1H3,(H2,17,19)(H,20,21)/b7-5+. The molecule has 5 nitrogen and oxygen atoms in total. The molecule has 1 aromatic rings. The summed E-state index contributed by atoms with van der Waals surface area (Å²) in [5, 5.41) is 8.64. The molecule has 0 fully saturated rings. The van der Waals surface area contributed by atoms with E-state index in [-0.39, 0.29) is 12.5 Å². The molecule has 0 saturated carbocycles. The highest BCUT2D eigenvalue weighted by Gasteiger charge is 2.10. The fourth-order valence-corrected chi connectivity index (χ4v) is 2.34. The van der Waals surface area contributed by atoms with E-state index in [1.165, 1.54) is 6.08 Å². The van der Waals surface area contributed by atoms with Crippen molar-refractivity contribution in [1.82, 2.24) is 0 Å². The highest BCUT2D eigenvalue weighted by atomic mass is 79.9. The van der Waals surface area contributed by atoms with E-state index >= 15 is 0 Å². The fraction of sp³-hybridized carbons (Fsp3) is 0.333. The van der Waals surface area contributed by atoms with Crippen molar-refractivity contribution in [3.05, 3.63) is 34.3 Å². The van der Waals surface area contributed by atoms with Crippen molar-refractivity contribution >= 4 is 39.6 Å². The molecule has 21 heavy (non-hydrogen) atoms. The van der Waals surface area contributed by atoms with Crippen LogP contribution in [-0.2, 0) is 9.59 Å². The van der Waals surface area contributed by atoms with Crippen LogP contribution in [-0.4, -0.2) is 30.1 Å². The van der Waals surface area contributed by atoms with Gasteiger partial charge in [0.05, 0.1) is 6.54 Å². The van der Waals surface area contributed by atoms with Crippen LogP contribution in [0.5, 0.6) is 0 Å². The minimum Gasteiger partial charge on any atom is -0.478 e. The van der Waals surface area contributed by atoms with Crippen molar-refractivity contribution in [2.45, 2.75) is 19.8 Å². The van der Waals surface area contributed by atoms with Crippen LogP contribution in [0.25, 0.3) is 6.08 Å². The summed E-state index contributed by atoms with van der Waals surface area (Å²) in [7, 11) is 0. The van der Waals surface area contributed by atoms with Gasteiger partial charge < -0.3 is 15.7 Å². The minimum absolute atomic E-state index is 0.163. The number of hydrogen-bond donors (Lipinski definition) is 2. The molecule has 0 spiro atoms. The van der Waals surface area contributed by atoms with Gasteiger partial charge in [0, 0.05) is 22.8 Å². The predicted octanol–water partition coefficient (Wildman–Crippen LogP) is 2.64. The zero-order valence-corrected chi connectivity index (χ0v) is 13.5. The van der Waals surface area contributed by atoms with Crippen molar-refractivity contribution in [1.29, 1.82) is 0 Å². The number of carbonyl (C=O) groups is 2. The van der Waals surface area contributed by atoms with Gasteiger partial charge in [-0.1, -0.05) is 35.3 Å². The molecule has 3 N–H and O–H groups in total. The average molecular weight is 355 g/mol. The monoisotopic (exact) mass is 354 g/mol. The molecule has 1 aromatic carbocycles. The zero-order chi connectivity index (χ0) is 15.8. The first-order chi connectivity index (χ1) is 9.93. The van der Waals surface area contributed by atoms with Crippen LogP contribution in [0.15, 0.2) is 28.7 Å². The molecule has 6 heteroatoms. The topological polar surface area (TPSA) is 83.6 Å². The molecule has 0 saturated heterocycles. The van der Waals surface area contributed by atoms with Crippen molar-refractivity contribution in [2.24, 2.45) is 5.73 Å². The summed E-state index contributed by atoms with van der Waals surface area (Å²) < 4.78 is 0.767. The fourth-order valence-electron chi connectivity index (χ4n) is 1.85. The smallest absolute Gasteiger partial charge is 0.328 e. The molecule has 0 atom stereocenters. The third kappa shape index (κ3) is 5.99. The number of anilines is 1. The maximum Gasteiger partial charge on any atom is 0.328 e. The molecular weight excluding hydrogens is 336 g/mol. The first-order valence-electron chi connectivity index (χ1n) is 6.67. The number of nitrogens with zero attached hydrogens (tertiary/aromatic N) is 1. The SMILES string of the molecule is CCCCN(CC(N)=O)c1ccc(/C=C/C(=O)O)c(Br)c1. The van der Waals surface area contributed by atoms with Gasteiger partial charge in [-0.2, -0.15) is 0 Å². The number of carbonyl (C=O) groups excluding carboxylic acids is 1. The summed E-state index contributed by atoms with van der Waals surface area (Å²) in [6.45, 7) is 2.99. The lowest BCUT2D eigenvalue weighted by atomic mass is 10.1. The maximum atomic E-state index is 11.2. The van der Waals surface area contributed by atoms with E-state index in [4.69, 9.17) is 10.8 Å². The Morgan fingerprint density at radius 2 is 2.14 bits per heavy atom. The van der Waals surface area contributed by atoms with Crippen LogP contribution in [0.4, 0.5) is 5.69 Å². The summed E-state index contributed by atoms with van der Waals surface area (Å²) in [4.78, 5) is 23.6. The number of carboxylic acids is 1. The number of hydrogen-bond acceptors (Lipinski definition) is 3. The molecule has 0 aliphatic carbocycles. The molecule has 0 heterocycles. The predicted molar refractivity (Wildman–Crippen MR) is 87.1 cm³/mol. The van der Waals surface area contributed by atoms with Gasteiger partial charge in [-0.3, -0.25) is 4.79 Å². The molecule has 0 aliphatic heterocycles. The van der Waals surface area contributed by atoms with Gasteiger partial charge in [0.1, 0.15) is 0 Å². The van der Waals surface area contributed by atoms with Gasteiger partial charge in [-0.25, -0.2) is 4.79 Å². The number of carboxylic acid groups (broad SMARTS) is 1. The van der Waals surface area contributed by atoms with Crippen molar-refractivity contribution in [3.8, 4) is 0 Å². The van der Waals surface area contributed by atoms with E-state index in [0.717, 1.165) is 41.2 Å². The Morgan fingerprint density at radius 3 is 2.67 bits per heavy atom. The lowest BCUT2D eigenvalue weighted by Gasteiger charge is -2.23. The summed E-state index contributed by atoms with van der Waals surface area (Å²) in [6, 6.07) is 5.52. The number of primary amides is 1.